The molecule has 0 spiro atoms. The summed E-state index contributed by atoms with van der Waals surface area (Å²) < 4.78 is 12.3. The fourth-order valence-electron chi connectivity index (χ4n) is 2.62. The number of carbonyl (C=O) groups excluding carboxylic acids is 1. The van der Waals surface area contributed by atoms with Crippen LogP contribution in [-0.2, 0) is 6.42 Å². The maximum absolute atomic E-state index is 12.2. The minimum atomic E-state index is -0.366. The van der Waals surface area contributed by atoms with E-state index in [1.807, 2.05) is 35.0 Å². The van der Waals surface area contributed by atoms with Gasteiger partial charge in [0.05, 0.1) is 11.3 Å². The van der Waals surface area contributed by atoms with Crippen molar-refractivity contribution >= 4 is 11.6 Å². The molecule has 1 aromatic carbocycles. The van der Waals surface area contributed by atoms with Gasteiger partial charge in [0.2, 0.25) is 6.79 Å². The van der Waals surface area contributed by atoms with Crippen LogP contribution in [0, 0.1) is 0 Å². The molecule has 7 nitrogen and oxygen atoms in total. The molecule has 2 aromatic heterocycles. The Labute approximate surface area is 137 Å². The molecule has 0 atom stereocenters. The molecule has 0 saturated carbocycles. The first kappa shape index (κ1) is 14.4. The summed E-state index contributed by atoms with van der Waals surface area (Å²) >= 11 is 0. The third-order valence-electron chi connectivity index (χ3n) is 3.82. The second kappa shape index (κ2) is 5.77. The molecule has 1 aliphatic heterocycles. The van der Waals surface area contributed by atoms with E-state index in [0.29, 0.717) is 24.5 Å². The molecule has 122 valence electrons. The van der Waals surface area contributed by atoms with Crippen molar-refractivity contribution in [3.8, 4) is 17.2 Å². The van der Waals surface area contributed by atoms with Gasteiger partial charge in [0, 0.05) is 37.5 Å². The van der Waals surface area contributed by atoms with Crippen LogP contribution in [0.4, 0.5) is 0 Å². The summed E-state index contributed by atoms with van der Waals surface area (Å²) in [5, 5.41) is 12.7. The molecular weight excluding hydrogens is 310 g/mol. The van der Waals surface area contributed by atoms with Crippen molar-refractivity contribution in [2.45, 2.75) is 6.42 Å². The van der Waals surface area contributed by atoms with Crippen LogP contribution in [0.25, 0.3) is 5.65 Å². The van der Waals surface area contributed by atoms with Crippen LogP contribution < -0.4 is 14.8 Å². The number of nitrogens with one attached hydrogen (secondary N) is 1. The van der Waals surface area contributed by atoms with E-state index >= 15 is 0 Å². The second-order valence-electron chi connectivity index (χ2n) is 5.43. The predicted molar refractivity (Wildman–Crippen MR) is 85.5 cm³/mol. The smallest absolute Gasteiger partial charge is 0.255 e. The molecule has 7 heteroatoms. The number of rotatable bonds is 4. The quantitative estimate of drug-likeness (QED) is 0.763. The van der Waals surface area contributed by atoms with Gasteiger partial charge >= 0.3 is 0 Å². The number of hydrogen-bond donors (Lipinski definition) is 2. The van der Waals surface area contributed by atoms with Crippen molar-refractivity contribution in [1.29, 1.82) is 0 Å². The molecule has 1 amide bonds. The SMILES string of the molecule is O=C(NCCc1cn2ccccc2n1)c1cc2c(cc1O)OCO2. The summed E-state index contributed by atoms with van der Waals surface area (Å²) in [6.45, 7) is 0.504. The van der Waals surface area contributed by atoms with Crippen molar-refractivity contribution in [2.24, 2.45) is 0 Å². The number of hydrogen-bond acceptors (Lipinski definition) is 5. The van der Waals surface area contributed by atoms with Crippen molar-refractivity contribution in [3.63, 3.8) is 0 Å². The summed E-state index contributed by atoms with van der Waals surface area (Å²) in [5.41, 5.74) is 1.91. The molecule has 3 heterocycles. The molecule has 24 heavy (non-hydrogen) atoms. The topological polar surface area (TPSA) is 85.1 Å². The number of phenols is 1. The van der Waals surface area contributed by atoms with E-state index in [9.17, 15) is 9.90 Å². The lowest BCUT2D eigenvalue weighted by Crippen LogP contribution is -2.25. The van der Waals surface area contributed by atoms with Crippen molar-refractivity contribution in [1.82, 2.24) is 14.7 Å². The minimum absolute atomic E-state index is 0.0910. The van der Waals surface area contributed by atoms with Gasteiger partial charge in [0.15, 0.2) is 11.5 Å². The van der Waals surface area contributed by atoms with Gasteiger partial charge in [-0.25, -0.2) is 4.98 Å². The summed E-state index contributed by atoms with van der Waals surface area (Å²) in [4.78, 5) is 16.7. The first-order chi connectivity index (χ1) is 11.7. The highest BCUT2D eigenvalue weighted by molar-refractivity contribution is 5.97. The molecule has 3 aromatic rings. The fourth-order valence-corrected chi connectivity index (χ4v) is 2.62. The number of nitrogens with zero attached hydrogens (tertiary/aromatic N) is 2. The second-order valence-corrected chi connectivity index (χ2v) is 5.43. The standard InChI is InChI=1S/C17H15N3O4/c21-13-8-15-14(23-10-24-15)7-12(13)17(22)18-5-4-11-9-20-6-2-1-3-16(20)19-11/h1-3,6-9,21H,4-5,10H2,(H,18,22). The first-order valence-electron chi connectivity index (χ1n) is 7.54. The molecule has 0 fully saturated rings. The first-order valence-corrected chi connectivity index (χ1v) is 7.54. The van der Waals surface area contributed by atoms with Crippen LogP contribution >= 0.6 is 0 Å². The summed E-state index contributed by atoms with van der Waals surface area (Å²) in [6, 6.07) is 8.66. The number of carbonyl (C=O) groups is 1. The van der Waals surface area contributed by atoms with Crippen LogP contribution in [0.1, 0.15) is 16.1 Å². The van der Waals surface area contributed by atoms with E-state index < -0.39 is 0 Å². The number of aromatic nitrogens is 2. The van der Waals surface area contributed by atoms with E-state index in [1.165, 1.54) is 12.1 Å². The zero-order valence-electron chi connectivity index (χ0n) is 12.7. The third-order valence-corrected chi connectivity index (χ3v) is 3.82. The molecule has 0 saturated heterocycles. The van der Waals surface area contributed by atoms with Gasteiger partial charge < -0.3 is 24.3 Å². The Hall–Kier alpha value is -3.22. The highest BCUT2D eigenvalue weighted by Crippen LogP contribution is 2.37. The van der Waals surface area contributed by atoms with E-state index in [2.05, 4.69) is 10.3 Å². The van der Waals surface area contributed by atoms with Gasteiger partial charge in [-0.15, -0.1) is 0 Å². The lowest BCUT2D eigenvalue weighted by atomic mass is 10.1. The van der Waals surface area contributed by atoms with Gasteiger partial charge in [-0.1, -0.05) is 6.07 Å². The monoisotopic (exact) mass is 325 g/mol. The molecule has 0 bridgehead atoms. The van der Waals surface area contributed by atoms with Crippen LogP contribution in [-0.4, -0.2) is 33.7 Å². The average Bonchev–Trinajstić information content (AvgIpc) is 3.19. The van der Waals surface area contributed by atoms with E-state index in [0.717, 1.165) is 11.3 Å². The zero-order chi connectivity index (χ0) is 16.5. The average molecular weight is 325 g/mol. The van der Waals surface area contributed by atoms with Crippen LogP contribution in [0.3, 0.4) is 0 Å². The summed E-state index contributed by atoms with van der Waals surface area (Å²) in [7, 11) is 0. The lowest BCUT2D eigenvalue weighted by molar-refractivity contribution is 0.0951. The number of imidazole rings is 1. The Balaban J connectivity index is 1.41. The third kappa shape index (κ3) is 2.60. The molecular formula is C17H15N3O4. The number of pyridine rings is 1. The number of fused-ring (bicyclic) bond motifs is 2. The van der Waals surface area contributed by atoms with Gasteiger partial charge in [0.1, 0.15) is 11.4 Å². The fraction of sp³-hybridized carbons (Fsp3) is 0.176. The zero-order valence-corrected chi connectivity index (χ0v) is 12.7. The van der Waals surface area contributed by atoms with Crippen LogP contribution in [0.5, 0.6) is 17.2 Å². The minimum Gasteiger partial charge on any atom is -0.507 e. The van der Waals surface area contributed by atoms with Gasteiger partial charge in [0.25, 0.3) is 5.91 Å². The Morgan fingerprint density at radius 2 is 2.12 bits per heavy atom. The largest absolute Gasteiger partial charge is 0.507 e. The van der Waals surface area contributed by atoms with E-state index in [4.69, 9.17) is 9.47 Å². The number of benzene rings is 1. The molecule has 0 unspecified atom stereocenters. The normalized spacial score (nSPS) is 12.5. The summed E-state index contributed by atoms with van der Waals surface area (Å²) in [6.07, 6.45) is 4.45. The van der Waals surface area contributed by atoms with Crippen molar-refractivity contribution in [2.75, 3.05) is 13.3 Å². The molecule has 1 aliphatic rings. The number of aromatic hydroxyl groups is 1. The number of phenolic OH excluding ortho intramolecular Hbond substituents is 1. The molecule has 0 radical (unpaired) electrons. The Morgan fingerprint density at radius 1 is 1.29 bits per heavy atom. The van der Waals surface area contributed by atoms with Crippen LogP contribution in [0.2, 0.25) is 0 Å². The van der Waals surface area contributed by atoms with Gasteiger partial charge in [-0.05, 0) is 12.1 Å². The van der Waals surface area contributed by atoms with E-state index in [-0.39, 0.29) is 24.0 Å². The highest BCUT2D eigenvalue weighted by Gasteiger charge is 2.20. The molecule has 2 N–H and O–H groups in total. The molecule has 4 rings (SSSR count). The Kier molecular flexibility index (Phi) is 3.45. The number of ether oxygens (including phenoxy) is 2. The van der Waals surface area contributed by atoms with E-state index in [1.54, 1.807) is 0 Å². The van der Waals surface area contributed by atoms with Gasteiger partial charge in [-0.3, -0.25) is 4.79 Å². The van der Waals surface area contributed by atoms with Gasteiger partial charge in [-0.2, -0.15) is 0 Å². The number of amides is 1. The summed E-state index contributed by atoms with van der Waals surface area (Å²) in [5.74, 6) is 0.395. The lowest BCUT2D eigenvalue weighted by Gasteiger charge is -2.07. The molecule has 0 aliphatic carbocycles. The van der Waals surface area contributed by atoms with Crippen LogP contribution in [0.15, 0.2) is 42.7 Å². The maximum atomic E-state index is 12.2. The Bertz CT molecular complexity index is 886. The van der Waals surface area contributed by atoms with Crippen molar-refractivity contribution in [3.05, 3.63) is 54.0 Å². The maximum Gasteiger partial charge on any atom is 0.255 e. The predicted octanol–water partition coefficient (Wildman–Crippen LogP) is 1.74. The highest BCUT2D eigenvalue weighted by atomic mass is 16.7. The van der Waals surface area contributed by atoms with Crippen molar-refractivity contribution < 1.29 is 19.4 Å². The Morgan fingerprint density at radius 3 is 2.96 bits per heavy atom.